The molecule has 0 aliphatic rings. The van der Waals surface area contributed by atoms with E-state index in [0.29, 0.717) is 24.8 Å². The molecule has 29 heavy (non-hydrogen) atoms. The number of hydrogen-bond donors (Lipinski definition) is 1. The maximum absolute atomic E-state index is 5.49. The summed E-state index contributed by atoms with van der Waals surface area (Å²) >= 11 is 0. The third-order valence-corrected chi connectivity index (χ3v) is 4.08. The van der Waals surface area contributed by atoms with E-state index in [1.165, 1.54) is 0 Å². The Labute approximate surface area is 190 Å². The van der Waals surface area contributed by atoms with Crippen molar-refractivity contribution in [1.82, 2.24) is 20.4 Å². The minimum Gasteiger partial charge on any atom is -0.497 e. The number of nitrogens with one attached hydrogen (secondary N) is 1. The highest BCUT2D eigenvalue weighted by Gasteiger charge is 2.21. The van der Waals surface area contributed by atoms with Crippen molar-refractivity contribution >= 4 is 29.9 Å². The Morgan fingerprint density at radius 1 is 1.24 bits per heavy atom. The SMILES string of the molecule is CCNC(=NCc1noc(C(C)(C)C)n1)N(C)Cc1ccc(OC)cc1OC.I. The first-order valence-electron chi connectivity index (χ1n) is 9.31. The molecule has 0 fully saturated rings. The average Bonchev–Trinajstić information content (AvgIpc) is 3.14. The van der Waals surface area contributed by atoms with Crippen LogP contribution in [0.4, 0.5) is 0 Å². The number of aliphatic imine (C=N–C) groups is 1. The van der Waals surface area contributed by atoms with E-state index >= 15 is 0 Å². The lowest BCUT2D eigenvalue weighted by Gasteiger charge is -2.23. The summed E-state index contributed by atoms with van der Waals surface area (Å²) in [5, 5.41) is 7.33. The van der Waals surface area contributed by atoms with Gasteiger partial charge in [-0.1, -0.05) is 25.9 Å². The third kappa shape index (κ3) is 7.06. The quantitative estimate of drug-likeness (QED) is 0.341. The molecule has 8 nitrogen and oxygen atoms in total. The van der Waals surface area contributed by atoms with Gasteiger partial charge in [-0.25, -0.2) is 4.99 Å². The molecular formula is C20H32IN5O3. The maximum Gasteiger partial charge on any atom is 0.232 e. The number of methoxy groups -OCH3 is 2. The lowest BCUT2D eigenvalue weighted by atomic mass is 9.97. The Hall–Kier alpha value is -2.04. The van der Waals surface area contributed by atoms with Crippen molar-refractivity contribution in [1.29, 1.82) is 0 Å². The van der Waals surface area contributed by atoms with E-state index < -0.39 is 0 Å². The Morgan fingerprint density at radius 2 is 1.97 bits per heavy atom. The van der Waals surface area contributed by atoms with Gasteiger partial charge < -0.3 is 24.2 Å². The molecule has 1 aromatic heterocycles. The van der Waals surface area contributed by atoms with E-state index in [1.54, 1.807) is 14.2 Å². The fraction of sp³-hybridized carbons (Fsp3) is 0.550. The number of ether oxygens (including phenoxy) is 2. The topological polar surface area (TPSA) is 85.0 Å². The predicted octanol–water partition coefficient (Wildman–Crippen LogP) is 3.60. The normalized spacial score (nSPS) is 11.6. The van der Waals surface area contributed by atoms with Crippen LogP contribution in [0.1, 0.15) is 45.0 Å². The fourth-order valence-electron chi connectivity index (χ4n) is 2.55. The van der Waals surface area contributed by atoms with Gasteiger partial charge in [0.15, 0.2) is 11.8 Å². The van der Waals surface area contributed by atoms with E-state index in [-0.39, 0.29) is 29.4 Å². The highest BCUT2D eigenvalue weighted by Crippen LogP contribution is 2.25. The average molecular weight is 517 g/mol. The third-order valence-electron chi connectivity index (χ3n) is 4.08. The number of hydrogen-bond acceptors (Lipinski definition) is 6. The Kier molecular flexibility index (Phi) is 9.67. The maximum atomic E-state index is 5.49. The summed E-state index contributed by atoms with van der Waals surface area (Å²) in [6.45, 7) is 9.85. The number of nitrogens with zero attached hydrogens (tertiary/aromatic N) is 4. The number of rotatable bonds is 7. The van der Waals surface area contributed by atoms with Crippen LogP contribution in [0.2, 0.25) is 0 Å². The van der Waals surface area contributed by atoms with Crippen LogP contribution in [0.25, 0.3) is 0 Å². The lowest BCUT2D eigenvalue weighted by Crippen LogP contribution is -2.38. The van der Waals surface area contributed by atoms with Crippen molar-refractivity contribution in [3.8, 4) is 11.5 Å². The molecule has 0 amide bonds. The molecule has 0 bridgehead atoms. The van der Waals surface area contributed by atoms with E-state index in [0.717, 1.165) is 29.6 Å². The number of aromatic nitrogens is 2. The molecule has 0 spiro atoms. The predicted molar refractivity (Wildman–Crippen MR) is 124 cm³/mol. The molecule has 0 saturated carbocycles. The van der Waals surface area contributed by atoms with Crippen LogP contribution in [-0.4, -0.2) is 48.8 Å². The van der Waals surface area contributed by atoms with Crippen LogP contribution in [0.5, 0.6) is 11.5 Å². The summed E-state index contributed by atoms with van der Waals surface area (Å²) in [4.78, 5) is 11.1. The van der Waals surface area contributed by atoms with Gasteiger partial charge >= 0.3 is 0 Å². The Bertz CT molecular complexity index is 802. The molecule has 1 heterocycles. The molecule has 0 saturated heterocycles. The monoisotopic (exact) mass is 517 g/mol. The van der Waals surface area contributed by atoms with Crippen molar-refractivity contribution in [3.63, 3.8) is 0 Å². The van der Waals surface area contributed by atoms with E-state index in [9.17, 15) is 0 Å². The molecule has 0 radical (unpaired) electrons. The minimum absolute atomic E-state index is 0. The molecular weight excluding hydrogens is 485 g/mol. The van der Waals surface area contributed by atoms with Crippen LogP contribution >= 0.6 is 24.0 Å². The van der Waals surface area contributed by atoms with Gasteiger partial charge in [0, 0.05) is 37.2 Å². The van der Waals surface area contributed by atoms with Crippen molar-refractivity contribution < 1.29 is 14.0 Å². The van der Waals surface area contributed by atoms with Gasteiger partial charge in [0.2, 0.25) is 5.89 Å². The summed E-state index contributed by atoms with van der Waals surface area (Å²) in [5.41, 5.74) is 0.854. The Morgan fingerprint density at radius 3 is 2.52 bits per heavy atom. The molecule has 2 rings (SSSR count). The van der Waals surface area contributed by atoms with Crippen molar-refractivity contribution in [2.75, 3.05) is 27.8 Å². The first-order valence-corrected chi connectivity index (χ1v) is 9.31. The summed E-state index contributed by atoms with van der Waals surface area (Å²) in [6, 6.07) is 5.79. The van der Waals surface area contributed by atoms with Crippen LogP contribution < -0.4 is 14.8 Å². The van der Waals surface area contributed by atoms with Crippen molar-refractivity contribution in [2.24, 2.45) is 4.99 Å². The van der Waals surface area contributed by atoms with E-state index in [4.69, 9.17) is 14.0 Å². The molecule has 0 aliphatic heterocycles. The molecule has 0 aliphatic carbocycles. The van der Waals surface area contributed by atoms with Crippen LogP contribution in [0.3, 0.4) is 0 Å². The molecule has 0 unspecified atom stereocenters. The molecule has 162 valence electrons. The van der Waals surface area contributed by atoms with E-state index in [1.807, 2.05) is 57.8 Å². The number of halogens is 1. The highest BCUT2D eigenvalue weighted by molar-refractivity contribution is 14.0. The van der Waals surface area contributed by atoms with Crippen LogP contribution in [-0.2, 0) is 18.5 Å². The van der Waals surface area contributed by atoms with Crippen molar-refractivity contribution in [2.45, 2.75) is 46.2 Å². The van der Waals surface area contributed by atoms with Crippen LogP contribution in [0, 0.1) is 0 Å². The van der Waals surface area contributed by atoms with Gasteiger partial charge in [0.1, 0.15) is 18.0 Å². The van der Waals surface area contributed by atoms with Gasteiger partial charge in [0.05, 0.1) is 14.2 Å². The first-order chi connectivity index (χ1) is 13.3. The number of benzene rings is 1. The standard InChI is InChI=1S/C20H31N5O3.HI/c1-8-21-19(22-12-17-23-18(28-24-17)20(2,3)4)25(5)13-14-9-10-15(26-6)11-16(14)27-7;/h9-11H,8,12-13H2,1-7H3,(H,21,22);1H. The molecule has 0 atom stereocenters. The minimum atomic E-state index is -0.179. The van der Waals surface area contributed by atoms with Gasteiger partial charge in [0.25, 0.3) is 0 Å². The highest BCUT2D eigenvalue weighted by atomic mass is 127. The Balaban J connectivity index is 0.00000420. The summed E-state index contributed by atoms with van der Waals surface area (Å²) in [6.07, 6.45) is 0. The smallest absolute Gasteiger partial charge is 0.232 e. The van der Waals surface area contributed by atoms with Crippen molar-refractivity contribution in [3.05, 3.63) is 35.5 Å². The summed E-state index contributed by atoms with van der Waals surface area (Å²) in [7, 11) is 5.27. The second-order valence-corrected chi connectivity index (χ2v) is 7.47. The second kappa shape index (κ2) is 11.2. The molecule has 1 N–H and O–H groups in total. The van der Waals surface area contributed by atoms with Gasteiger partial charge in [-0.3, -0.25) is 0 Å². The summed E-state index contributed by atoms with van der Waals surface area (Å²) in [5.74, 6) is 3.46. The zero-order valence-corrected chi connectivity index (χ0v) is 20.6. The molecule has 9 heteroatoms. The fourth-order valence-corrected chi connectivity index (χ4v) is 2.55. The van der Waals surface area contributed by atoms with Gasteiger partial charge in [-0.15, -0.1) is 24.0 Å². The second-order valence-electron chi connectivity index (χ2n) is 7.47. The van der Waals surface area contributed by atoms with Crippen LogP contribution in [0.15, 0.2) is 27.7 Å². The first kappa shape index (κ1) is 25.0. The molecule has 1 aromatic carbocycles. The molecule has 2 aromatic rings. The zero-order chi connectivity index (χ0) is 20.7. The zero-order valence-electron chi connectivity index (χ0n) is 18.3. The summed E-state index contributed by atoms with van der Waals surface area (Å²) < 4.78 is 16.1. The van der Waals surface area contributed by atoms with E-state index in [2.05, 4.69) is 20.4 Å². The number of guanidine groups is 1. The van der Waals surface area contributed by atoms with Gasteiger partial charge in [-0.05, 0) is 19.1 Å². The largest absolute Gasteiger partial charge is 0.497 e. The van der Waals surface area contributed by atoms with Gasteiger partial charge in [-0.2, -0.15) is 4.98 Å². The lowest BCUT2D eigenvalue weighted by molar-refractivity contribution is 0.318.